The van der Waals surface area contributed by atoms with E-state index in [1.54, 1.807) is 66.7 Å². The van der Waals surface area contributed by atoms with Gasteiger partial charge >= 0.3 is 0 Å². The predicted octanol–water partition coefficient (Wildman–Crippen LogP) is 7.78. The van der Waals surface area contributed by atoms with Gasteiger partial charge in [0.2, 0.25) is 11.8 Å². The normalized spacial score (nSPS) is 26.8. The van der Waals surface area contributed by atoms with Crippen LogP contribution >= 0.6 is 27.5 Å². The number of amides is 4. The fourth-order valence-electron chi connectivity index (χ4n) is 8.77. The van der Waals surface area contributed by atoms with Crippen LogP contribution in [-0.2, 0) is 24.6 Å². The maximum absolute atomic E-state index is 15.2. The van der Waals surface area contributed by atoms with Crippen LogP contribution < -0.4 is 10.3 Å². The molecule has 4 aromatic rings. The number of allylic oxidation sites excluding steroid dienone is 2. The smallest absolute Gasteiger partial charge is 0.260 e. The molecule has 0 spiro atoms. The number of hydrazine groups is 1. The molecule has 51 heavy (non-hydrogen) atoms. The Bertz CT molecular complexity index is 2170. The van der Waals surface area contributed by atoms with Crippen molar-refractivity contribution in [1.29, 1.82) is 0 Å². The Kier molecular flexibility index (Phi) is 7.99. The molecule has 8 rings (SSSR count). The molecule has 0 radical (unpaired) electrons. The second-order valence-electron chi connectivity index (χ2n) is 13.4. The largest absolute Gasteiger partial charge is 0.508 e. The van der Waals surface area contributed by atoms with Crippen LogP contribution in [-0.4, -0.2) is 33.7 Å². The zero-order chi connectivity index (χ0) is 35.8. The SMILES string of the molecule is C=Cc1ccc(N2C(=O)[C@H]3[C@H](CC=C4[C@H]3C[C@H]3C(=O)N(Nc5ccc(F)cc5)C(=O)[C@@]3(c3ccc(Cl)cc3)[C@H]4c3cc(Br)ccc3O)C2=O)cc1. The zero-order valence-corrected chi connectivity index (χ0v) is 29.3. The summed E-state index contributed by atoms with van der Waals surface area (Å²) in [5, 5.41) is 12.9. The molecule has 0 unspecified atom stereocenters. The van der Waals surface area contributed by atoms with Crippen LogP contribution in [0.25, 0.3) is 6.08 Å². The number of hydrogen-bond donors (Lipinski definition) is 2. The van der Waals surface area contributed by atoms with Gasteiger partial charge in [0, 0.05) is 21.0 Å². The van der Waals surface area contributed by atoms with Crippen molar-refractivity contribution in [3.05, 3.63) is 141 Å². The average molecular weight is 767 g/mol. The van der Waals surface area contributed by atoms with Crippen molar-refractivity contribution < 1.29 is 28.7 Å². The van der Waals surface area contributed by atoms with Crippen molar-refractivity contribution in [2.75, 3.05) is 10.3 Å². The van der Waals surface area contributed by atoms with E-state index in [0.29, 0.717) is 37.6 Å². The van der Waals surface area contributed by atoms with Crippen LogP contribution in [0, 0.1) is 29.5 Å². The molecule has 8 nitrogen and oxygen atoms in total. The van der Waals surface area contributed by atoms with Crippen LogP contribution in [0.2, 0.25) is 5.02 Å². The molecule has 4 aliphatic rings. The van der Waals surface area contributed by atoms with Gasteiger partial charge in [-0.05, 0) is 96.6 Å². The Balaban J connectivity index is 1.32. The number of carbonyl (C=O) groups excluding carboxylic acids is 4. The van der Waals surface area contributed by atoms with Crippen molar-refractivity contribution in [2.24, 2.45) is 23.7 Å². The molecular formula is C40H30BrClFN3O5. The summed E-state index contributed by atoms with van der Waals surface area (Å²) in [6.45, 7) is 3.78. The molecule has 2 heterocycles. The third-order valence-corrected chi connectivity index (χ3v) is 11.7. The number of aromatic hydroxyl groups is 1. The summed E-state index contributed by atoms with van der Waals surface area (Å²) in [5.74, 6) is -6.46. The van der Waals surface area contributed by atoms with Crippen LogP contribution in [0.4, 0.5) is 15.8 Å². The first-order valence-corrected chi connectivity index (χ1v) is 17.7. The molecule has 256 valence electrons. The van der Waals surface area contributed by atoms with Gasteiger partial charge in [-0.2, -0.15) is 5.01 Å². The molecule has 2 saturated heterocycles. The van der Waals surface area contributed by atoms with E-state index in [-0.39, 0.29) is 30.4 Å². The predicted molar refractivity (Wildman–Crippen MR) is 194 cm³/mol. The summed E-state index contributed by atoms with van der Waals surface area (Å²) in [7, 11) is 0. The number of carbonyl (C=O) groups is 4. The van der Waals surface area contributed by atoms with Gasteiger partial charge in [0.1, 0.15) is 11.6 Å². The number of halogens is 3. The lowest BCUT2D eigenvalue weighted by molar-refractivity contribution is -0.138. The van der Waals surface area contributed by atoms with E-state index in [2.05, 4.69) is 27.9 Å². The molecule has 2 N–H and O–H groups in total. The van der Waals surface area contributed by atoms with E-state index >= 15 is 4.79 Å². The molecule has 11 heteroatoms. The molecule has 4 aromatic carbocycles. The van der Waals surface area contributed by atoms with Gasteiger partial charge in [-0.25, -0.2) is 4.39 Å². The lowest BCUT2D eigenvalue weighted by Crippen LogP contribution is -2.53. The average Bonchev–Trinajstić information content (AvgIpc) is 3.51. The Morgan fingerprint density at radius 1 is 0.902 bits per heavy atom. The Labute approximate surface area is 306 Å². The van der Waals surface area contributed by atoms with Crippen LogP contribution in [0.5, 0.6) is 5.75 Å². The minimum Gasteiger partial charge on any atom is -0.508 e. The van der Waals surface area contributed by atoms with Gasteiger partial charge in [-0.15, -0.1) is 0 Å². The number of nitrogens with one attached hydrogen (secondary N) is 1. The molecular weight excluding hydrogens is 737 g/mol. The second kappa shape index (κ2) is 12.3. The Morgan fingerprint density at radius 3 is 2.29 bits per heavy atom. The number of imide groups is 2. The number of benzene rings is 4. The first kappa shape index (κ1) is 33.1. The van der Waals surface area contributed by atoms with E-state index in [1.165, 1.54) is 35.2 Å². The van der Waals surface area contributed by atoms with E-state index < -0.39 is 52.6 Å². The van der Waals surface area contributed by atoms with Crippen LogP contribution in [0.15, 0.2) is 114 Å². The minimum atomic E-state index is -1.60. The number of fused-ring (bicyclic) bond motifs is 4. The highest BCUT2D eigenvalue weighted by molar-refractivity contribution is 9.10. The quantitative estimate of drug-likeness (QED) is 0.153. The number of hydrogen-bond acceptors (Lipinski definition) is 6. The summed E-state index contributed by atoms with van der Waals surface area (Å²) >= 11 is 9.88. The minimum absolute atomic E-state index is 0.0787. The summed E-state index contributed by atoms with van der Waals surface area (Å²) in [4.78, 5) is 59.6. The highest BCUT2D eigenvalue weighted by Crippen LogP contribution is 2.65. The maximum Gasteiger partial charge on any atom is 0.260 e. The summed E-state index contributed by atoms with van der Waals surface area (Å²) in [5.41, 5.74) is 4.51. The molecule has 1 saturated carbocycles. The van der Waals surface area contributed by atoms with Gasteiger partial charge in [0.15, 0.2) is 0 Å². The van der Waals surface area contributed by atoms with E-state index in [0.717, 1.165) is 10.6 Å². The third-order valence-electron chi connectivity index (χ3n) is 10.9. The number of anilines is 2. The van der Waals surface area contributed by atoms with Crippen molar-refractivity contribution in [1.82, 2.24) is 5.01 Å². The lowest BCUT2D eigenvalue weighted by Gasteiger charge is -2.50. The van der Waals surface area contributed by atoms with Crippen molar-refractivity contribution in [2.45, 2.75) is 24.2 Å². The summed E-state index contributed by atoms with van der Waals surface area (Å²) < 4.78 is 14.5. The Morgan fingerprint density at radius 2 is 1.61 bits per heavy atom. The number of rotatable bonds is 6. The fraction of sp³-hybridized carbons (Fsp3) is 0.200. The van der Waals surface area contributed by atoms with Gasteiger partial charge in [0.05, 0.1) is 34.5 Å². The van der Waals surface area contributed by atoms with Gasteiger partial charge in [-0.3, -0.25) is 29.5 Å². The van der Waals surface area contributed by atoms with E-state index in [9.17, 15) is 23.9 Å². The molecule has 3 fully saturated rings. The topological polar surface area (TPSA) is 107 Å². The first-order chi connectivity index (χ1) is 24.5. The molecule has 0 aromatic heterocycles. The van der Waals surface area contributed by atoms with Crippen molar-refractivity contribution >= 4 is 68.6 Å². The summed E-state index contributed by atoms with van der Waals surface area (Å²) in [6, 6.07) is 24.0. The molecule has 0 bridgehead atoms. The number of phenolic OH excluding ortho intramolecular Hbond substituents is 1. The van der Waals surface area contributed by atoms with Gasteiger partial charge in [0.25, 0.3) is 11.8 Å². The Hall–Kier alpha value is -5.06. The van der Waals surface area contributed by atoms with Crippen LogP contribution in [0.1, 0.15) is 35.4 Å². The van der Waals surface area contributed by atoms with E-state index in [4.69, 9.17) is 11.6 Å². The molecule has 6 atom stereocenters. The van der Waals surface area contributed by atoms with Crippen LogP contribution in [0.3, 0.4) is 0 Å². The lowest BCUT2D eigenvalue weighted by atomic mass is 9.49. The third kappa shape index (κ3) is 4.98. The number of phenols is 1. The van der Waals surface area contributed by atoms with Gasteiger partial charge in [-0.1, -0.05) is 76.1 Å². The zero-order valence-electron chi connectivity index (χ0n) is 26.9. The molecule has 2 aliphatic carbocycles. The monoisotopic (exact) mass is 765 g/mol. The number of nitrogens with zero attached hydrogens (tertiary/aromatic N) is 2. The molecule has 2 aliphatic heterocycles. The first-order valence-electron chi connectivity index (χ1n) is 16.5. The van der Waals surface area contributed by atoms with Crippen molar-refractivity contribution in [3.8, 4) is 5.75 Å². The highest BCUT2D eigenvalue weighted by Gasteiger charge is 2.70. The van der Waals surface area contributed by atoms with Crippen molar-refractivity contribution in [3.63, 3.8) is 0 Å². The van der Waals surface area contributed by atoms with E-state index in [1.807, 2.05) is 6.08 Å². The highest BCUT2D eigenvalue weighted by atomic mass is 79.9. The second-order valence-corrected chi connectivity index (χ2v) is 14.7. The summed E-state index contributed by atoms with van der Waals surface area (Å²) in [6.07, 6.45) is 3.91. The standard InChI is InChI=1S/C40H30BrClFN3O5/c1-2-21-3-14-27(15-4-21)45-36(48)29-17-16-28-30(34(29)38(45)50)20-32-37(49)46(44-26-12-10-25(43)11-13-26)39(51)40(32,22-5-8-24(42)9-6-22)35(28)31-19-23(41)7-18-33(31)47/h2-16,18-19,29-30,32,34-35,44,47H,1,17,20H2/t29-,30+,32-,34-,35+,40+/m0/s1. The fourth-order valence-corrected chi connectivity index (χ4v) is 9.28. The van der Waals surface area contributed by atoms with Gasteiger partial charge < -0.3 is 5.11 Å². The maximum atomic E-state index is 15.2. The molecule has 4 amide bonds.